The van der Waals surface area contributed by atoms with E-state index in [0.717, 1.165) is 16.6 Å². The number of hydrogen-bond acceptors (Lipinski definition) is 2. The summed E-state index contributed by atoms with van der Waals surface area (Å²) in [4.78, 5) is 15.8. The molecule has 3 rings (SSSR count). The summed E-state index contributed by atoms with van der Waals surface area (Å²) in [5, 5.41) is 0.695. The first kappa shape index (κ1) is 11.4. The number of pyridine rings is 2. The molecule has 0 amide bonds. The lowest BCUT2D eigenvalue weighted by molar-refractivity contribution is 1.19. The van der Waals surface area contributed by atoms with Gasteiger partial charge in [-0.25, -0.2) is 0 Å². The Hall–Kier alpha value is -2.68. The molecular formula is C16H12N2O. The van der Waals surface area contributed by atoms with E-state index in [4.69, 9.17) is 0 Å². The maximum Gasteiger partial charge on any atom is 0.189 e. The molecule has 0 radical (unpaired) electrons. The van der Waals surface area contributed by atoms with Gasteiger partial charge in [-0.05, 0) is 35.4 Å². The molecule has 0 spiro atoms. The zero-order chi connectivity index (χ0) is 13.2. The first-order valence-electron chi connectivity index (χ1n) is 5.97. The first-order valence-corrected chi connectivity index (χ1v) is 5.97. The van der Waals surface area contributed by atoms with E-state index in [0.29, 0.717) is 5.39 Å². The first-order chi connectivity index (χ1) is 9.29. The van der Waals surface area contributed by atoms with Crippen molar-refractivity contribution >= 4 is 17.1 Å². The van der Waals surface area contributed by atoms with Gasteiger partial charge in [0.2, 0.25) is 0 Å². The van der Waals surface area contributed by atoms with Gasteiger partial charge in [0.15, 0.2) is 5.43 Å². The van der Waals surface area contributed by atoms with Crippen LogP contribution in [0, 0.1) is 0 Å². The van der Waals surface area contributed by atoms with Crippen LogP contribution >= 0.6 is 0 Å². The molecule has 0 N–H and O–H groups in total. The minimum absolute atomic E-state index is 0.0226. The molecule has 3 aromatic rings. The van der Waals surface area contributed by atoms with Crippen LogP contribution in [0.25, 0.3) is 28.2 Å². The Labute approximate surface area is 110 Å². The highest BCUT2D eigenvalue weighted by Crippen LogP contribution is 2.22. The topological polar surface area (TPSA) is 34.9 Å². The molecule has 19 heavy (non-hydrogen) atoms. The molecule has 3 nitrogen and oxygen atoms in total. The van der Waals surface area contributed by atoms with Crippen molar-refractivity contribution in [1.82, 2.24) is 9.55 Å². The van der Waals surface area contributed by atoms with Crippen LogP contribution in [-0.4, -0.2) is 9.55 Å². The summed E-state index contributed by atoms with van der Waals surface area (Å²) in [5.41, 5.74) is 3.01. The molecule has 0 aliphatic heterocycles. The SMILES string of the molecule is C=Cn1ccc(=O)c2ccc(-c3ccncc3)cc21. The summed E-state index contributed by atoms with van der Waals surface area (Å²) in [6, 6.07) is 11.2. The molecule has 2 heterocycles. The average molecular weight is 248 g/mol. The maximum absolute atomic E-state index is 11.8. The molecule has 0 aliphatic carbocycles. The highest BCUT2D eigenvalue weighted by Gasteiger charge is 2.04. The van der Waals surface area contributed by atoms with E-state index in [1.165, 1.54) is 0 Å². The summed E-state index contributed by atoms with van der Waals surface area (Å²) in [6.07, 6.45) is 6.93. The van der Waals surface area contributed by atoms with E-state index in [2.05, 4.69) is 11.6 Å². The molecule has 0 aliphatic rings. The second-order valence-electron chi connectivity index (χ2n) is 4.24. The van der Waals surface area contributed by atoms with E-state index < -0.39 is 0 Å². The molecule has 0 fully saturated rings. The van der Waals surface area contributed by atoms with Gasteiger partial charge in [0, 0.05) is 36.2 Å². The molecule has 3 heteroatoms. The van der Waals surface area contributed by atoms with E-state index in [1.807, 2.05) is 34.9 Å². The van der Waals surface area contributed by atoms with Gasteiger partial charge in [-0.3, -0.25) is 9.78 Å². The van der Waals surface area contributed by atoms with Crippen molar-refractivity contribution in [3.05, 3.63) is 71.8 Å². The monoisotopic (exact) mass is 248 g/mol. The zero-order valence-corrected chi connectivity index (χ0v) is 10.3. The minimum atomic E-state index is 0.0226. The summed E-state index contributed by atoms with van der Waals surface area (Å²) in [5.74, 6) is 0. The minimum Gasteiger partial charge on any atom is -0.324 e. The Morgan fingerprint density at radius 1 is 1.05 bits per heavy atom. The number of aromatic nitrogens is 2. The Morgan fingerprint density at radius 3 is 2.58 bits per heavy atom. The number of rotatable bonds is 2. The predicted octanol–water partition coefficient (Wildman–Crippen LogP) is 3.16. The van der Waals surface area contributed by atoms with E-state index in [9.17, 15) is 4.79 Å². The fraction of sp³-hybridized carbons (Fsp3) is 0. The van der Waals surface area contributed by atoms with E-state index in [1.54, 1.807) is 30.9 Å². The maximum atomic E-state index is 11.8. The molecule has 0 saturated heterocycles. The summed E-state index contributed by atoms with van der Waals surface area (Å²) < 4.78 is 1.85. The molecular weight excluding hydrogens is 236 g/mol. The van der Waals surface area contributed by atoms with Crippen LogP contribution in [0.1, 0.15) is 0 Å². The second-order valence-corrected chi connectivity index (χ2v) is 4.24. The highest BCUT2D eigenvalue weighted by atomic mass is 16.1. The van der Waals surface area contributed by atoms with Gasteiger partial charge in [-0.2, -0.15) is 0 Å². The molecule has 2 aromatic heterocycles. The quantitative estimate of drug-likeness (QED) is 0.698. The number of fused-ring (bicyclic) bond motifs is 1. The molecule has 0 bridgehead atoms. The van der Waals surface area contributed by atoms with Gasteiger partial charge in [-0.1, -0.05) is 12.6 Å². The van der Waals surface area contributed by atoms with Crippen molar-refractivity contribution in [3.63, 3.8) is 0 Å². The lowest BCUT2D eigenvalue weighted by Gasteiger charge is -2.08. The van der Waals surface area contributed by atoms with Crippen LogP contribution in [0.3, 0.4) is 0 Å². The predicted molar refractivity (Wildman–Crippen MR) is 77.8 cm³/mol. The van der Waals surface area contributed by atoms with Gasteiger partial charge >= 0.3 is 0 Å². The van der Waals surface area contributed by atoms with Crippen molar-refractivity contribution in [3.8, 4) is 11.1 Å². The van der Waals surface area contributed by atoms with Gasteiger partial charge in [0.1, 0.15) is 0 Å². The average Bonchev–Trinajstić information content (AvgIpc) is 2.48. The van der Waals surface area contributed by atoms with Gasteiger partial charge in [-0.15, -0.1) is 0 Å². The lowest BCUT2D eigenvalue weighted by atomic mass is 10.0. The van der Waals surface area contributed by atoms with Crippen molar-refractivity contribution in [2.75, 3.05) is 0 Å². The highest BCUT2D eigenvalue weighted by molar-refractivity contribution is 5.85. The molecule has 92 valence electrons. The lowest BCUT2D eigenvalue weighted by Crippen LogP contribution is -2.04. The Morgan fingerprint density at radius 2 is 1.84 bits per heavy atom. The summed E-state index contributed by atoms with van der Waals surface area (Å²) >= 11 is 0. The molecule has 1 aromatic carbocycles. The molecule has 0 unspecified atom stereocenters. The largest absolute Gasteiger partial charge is 0.324 e. The van der Waals surface area contributed by atoms with Crippen molar-refractivity contribution in [2.24, 2.45) is 0 Å². The third-order valence-electron chi connectivity index (χ3n) is 3.14. The third kappa shape index (κ3) is 1.95. The Kier molecular flexibility index (Phi) is 2.72. The zero-order valence-electron chi connectivity index (χ0n) is 10.3. The van der Waals surface area contributed by atoms with E-state index in [-0.39, 0.29) is 5.43 Å². The summed E-state index contributed by atoms with van der Waals surface area (Å²) in [6.45, 7) is 3.76. The van der Waals surface area contributed by atoms with Gasteiger partial charge in [0.05, 0.1) is 5.52 Å². The van der Waals surface area contributed by atoms with Crippen LogP contribution in [-0.2, 0) is 0 Å². The number of nitrogens with zero attached hydrogens (tertiary/aromatic N) is 2. The number of benzene rings is 1. The van der Waals surface area contributed by atoms with Crippen LogP contribution < -0.4 is 5.43 Å². The van der Waals surface area contributed by atoms with Gasteiger partial charge in [0.25, 0.3) is 0 Å². The van der Waals surface area contributed by atoms with Crippen LogP contribution in [0.2, 0.25) is 0 Å². The van der Waals surface area contributed by atoms with Crippen LogP contribution in [0.5, 0.6) is 0 Å². The fourth-order valence-electron chi connectivity index (χ4n) is 2.15. The fourth-order valence-corrected chi connectivity index (χ4v) is 2.15. The van der Waals surface area contributed by atoms with Crippen molar-refractivity contribution in [1.29, 1.82) is 0 Å². The van der Waals surface area contributed by atoms with Crippen LogP contribution in [0.15, 0.2) is 66.4 Å². The normalized spacial score (nSPS) is 10.5. The van der Waals surface area contributed by atoms with E-state index >= 15 is 0 Å². The number of hydrogen-bond donors (Lipinski definition) is 0. The second kappa shape index (κ2) is 4.53. The molecule has 0 saturated carbocycles. The van der Waals surface area contributed by atoms with Crippen molar-refractivity contribution in [2.45, 2.75) is 0 Å². The van der Waals surface area contributed by atoms with Crippen LogP contribution in [0.4, 0.5) is 0 Å². The third-order valence-corrected chi connectivity index (χ3v) is 3.14. The summed E-state index contributed by atoms with van der Waals surface area (Å²) in [7, 11) is 0. The molecule has 0 atom stereocenters. The Bertz CT molecular complexity index is 804. The smallest absolute Gasteiger partial charge is 0.189 e. The van der Waals surface area contributed by atoms with Gasteiger partial charge < -0.3 is 4.57 Å². The Balaban J connectivity index is 2.32. The van der Waals surface area contributed by atoms with Crippen molar-refractivity contribution < 1.29 is 0 Å². The standard InChI is InChI=1S/C16H12N2O/c1-2-18-10-7-16(19)14-4-3-13(11-15(14)18)12-5-8-17-9-6-12/h2-11H,1H2.